The van der Waals surface area contributed by atoms with Crippen molar-refractivity contribution in [1.29, 1.82) is 0 Å². The van der Waals surface area contributed by atoms with Crippen LogP contribution in [0.25, 0.3) is 0 Å². The Balaban J connectivity index is 3.19. The smallest absolute Gasteiger partial charge is 0.273 e. The maximum absolute atomic E-state index is 11.1. The molecule has 1 rings (SSSR count). The summed E-state index contributed by atoms with van der Waals surface area (Å²) in [6.07, 6.45) is 0.925. The summed E-state index contributed by atoms with van der Waals surface area (Å²) in [5, 5.41) is -1.43. The molecule has 1 unspecified atom stereocenters. The summed E-state index contributed by atoms with van der Waals surface area (Å²) >= 11 is 0. The molecule has 0 bridgehead atoms. The van der Waals surface area contributed by atoms with Gasteiger partial charge in [0.15, 0.2) is 0 Å². The van der Waals surface area contributed by atoms with E-state index in [2.05, 4.69) is 0 Å². The predicted molar refractivity (Wildman–Crippen MR) is 60.4 cm³/mol. The van der Waals surface area contributed by atoms with Crippen molar-refractivity contribution in [2.24, 2.45) is 0 Å². The van der Waals surface area contributed by atoms with Crippen LogP contribution in [-0.2, 0) is 20.0 Å². The minimum atomic E-state index is -4.43. The monoisotopic (exact) mass is 264 g/mol. The third-order valence-electron chi connectivity index (χ3n) is 1.99. The molecule has 0 saturated carbocycles. The maximum Gasteiger partial charge on any atom is 0.273 e. The van der Waals surface area contributed by atoms with E-state index in [0.717, 1.165) is 6.26 Å². The Bertz CT molecular complexity index is 545. The molecule has 0 aliphatic rings. The largest absolute Gasteiger partial charge is 0.285 e. The molecule has 0 saturated heterocycles. The Hall–Kier alpha value is -0.920. The Morgan fingerprint density at radius 3 is 2.00 bits per heavy atom. The summed E-state index contributed by atoms with van der Waals surface area (Å²) in [4.78, 5) is 0. The van der Waals surface area contributed by atoms with Gasteiger partial charge in [0.1, 0.15) is 15.1 Å². The number of benzene rings is 1. The molecular formula is C9H12O5S2. The normalized spacial score (nSPS) is 14.6. The number of rotatable bonds is 4. The summed E-state index contributed by atoms with van der Waals surface area (Å²) in [6, 6.07) is 7.75. The Labute approximate surface area is 94.8 Å². The highest BCUT2D eigenvalue weighted by molar-refractivity contribution is 7.92. The van der Waals surface area contributed by atoms with Gasteiger partial charge in [-0.15, -0.1) is 0 Å². The molecule has 0 radical (unpaired) electrons. The lowest BCUT2D eigenvalue weighted by molar-refractivity contribution is 0.471. The zero-order chi connectivity index (χ0) is 12.4. The van der Waals surface area contributed by atoms with Gasteiger partial charge in [0.05, 0.1) is 5.75 Å². The molecule has 0 aromatic heterocycles. The van der Waals surface area contributed by atoms with Crippen molar-refractivity contribution in [2.75, 3.05) is 12.0 Å². The molecule has 5 nitrogen and oxygen atoms in total. The van der Waals surface area contributed by atoms with Crippen LogP contribution in [0, 0.1) is 0 Å². The van der Waals surface area contributed by atoms with E-state index in [9.17, 15) is 16.8 Å². The molecule has 0 heterocycles. The molecule has 0 spiro atoms. The Kier molecular flexibility index (Phi) is 3.72. The quantitative estimate of drug-likeness (QED) is 0.807. The zero-order valence-electron chi connectivity index (χ0n) is 8.57. The summed E-state index contributed by atoms with van der Waals surface area (Å²) in [5.74, 6) is -0.629. The SMILES string of the molecule is CS(=O)(=O)CC(c1ccccc1)S(=O)(=O)O. The van der Waals surface area contributed by atoms with E-state index in [1.54, 1.807) is 18.2 Å². The van der Waals surface area contributed by atoms with E-state index in [-0.39, 0.29) is 5.56 Å². The molecule has 0 aliphatic carbocycles. The van der Waals surface area contributed by atoms with Crippen molar-refractivity contribution < 1.29 is 21.4 Å². The lowest BCUT2D eigenvalue weighted by atomic mass is 10.2. The van der Waals surface area contributed by atoms with Crippen LogP contribution in [0.1, 0.15) is 10.8 Å². The lowest BCUT2D eigenvalue weighted by Gasteiger charge is -2.12. The van der Waals surface area contributed by atoms with Crippen molar-refractivity contribution in [1.82, 2.24) is 0 Å². The Morgan fingerprint density at radius 1 is 1.12 bits per heavy atom. The second-order valence-electron chi connectivity index (χ2n) is 3.51. The summed E-state index contributed by atoms with van der Waals surface area (Å²) in [5.41, 5.74) is 0.260. The summed E-state index contributed by atoms with van der Waals surface area (Å²) in [6.45, 7) is 0. The zero-order valence-corrected chi connectivity index (χ0v) is 10.2. The molecular weight excluding hydrogens is 252 g/mol. The van der Waals surface area contributed by atoms with Crippen LogP contribution < -0.4 is 0 Å². The number of hydrogen-bond donors (Lipinski definition) is 1. The van der Waals surface area contributed by atoms with Crippen molar-refractivity contribution in [2.45, 2.75) is 5.25 Å². The van der Waals surface area contributed by atoms with Gasteiger partial charge < -0.3 is 0 Å². The third-order valence-corrected chi connectivity index (χ3v) is 4.29. The van der Waals surface area contributed by atoms with Crippen LogP contribution in [0.3, 0.4) is 0 Å². The molecule has 0 fully saturated rings. The highest BCUT2D eigenvalue weighted by Gasteiger charge is 2.28. The van der Waals surface area contributed by atoms with Gasteiger partial charge >= 0.3 is 0 Å². The van der Waals surface area contributed by atoms with E-state index in [1.807, 2.05) is 0 Å². The van der Waals surface area contributed by atoms with Gasteiger partial charge in [-0.25, -0.2) is 8.42 Å². The van der Waals surface area contributed by atoms with E-state index in [1.165, 1.54) is 12.1 Å². The van der Waals surface area contributed by atoms with Gasteiger partial charge in [0.2, 0.25) is 0 Å². The number of sulfone groups is 1. The van der Waals surface area contributed by atoms with Gasteiger partial charge in [-0.1, -0.05) is 30.3 Å². The van der Waals surface area contributed by atoms with Crippen molar-refractivity contribution in [3.63, 3.8) is 0 Å². The van der Waals surface area contributed by atoms with E-state index < -0.39 is 31.0 Å². The van der Waals surface area contributed by atoms with Gasteiger partial charge in [-0.2, -0.15) is 8.42 Å². The fourth-order valence-corrected chi connectivity index (χ4v) is 3.97. The van der Waals surface area contributed by atoms with Crippen molar-refractivity contribution in [3.05, 3.63) is 35.9 Å². The number of hydrogen-bond acceptors (Lipinski definition) is 4. The first-order valence-corrected chi connectivity index (χ1v) is 7.95. The summed E-state index contributed by atoms with van der Waals surface area (Å²) < 4.78 is 53.4. The van der Waals surface area contributed by atoms with Crippen LogP contribution in [0.2, 0.25) is 0 Å². The molecule has 0 aliphatic heterocycles. The van der Waals surface area contributed by atoms with Gasteiger partial charge in [-0.05, 0) is 5.56 Å². The maximum atomic E-state index is 11.1. The fourth-order valence-electron chi connectivity index (χ4n) is 1.30. The Morgan fingerprint density at radius 2 is 1.62 bits per heavy atom. The first-order valence-electron chi connectivity index (χ1n) is 4.39. The van der Waals surface area contributed by atoms with Crippen LogP contribution in [0.15, 0.2) is 30.3 Å². The molecule has 16 heavy (non-hydrogen) atoms. The minimum Gasteiger partial charge on any atom is -0.285 e. The predicted octanol–water partition coefficient (Wildman–Crippen LogP) is 0.660. The average molecular weight is 264 g/mol. The molecule has 1 atom stereocenters. The van der Waals surface area contributed by atoms with Gasteiger partial charge in [-0.3, -0.25) is 4.55 Å². The van der Waals surface area contributed by atoms with Crippen LogP contribution >= 0.6 is 0 Å². The van der Waals surface area contributed by atoms with Crippen molar-refractivity contribution >= 4 is 20.0 Å². The van der Waals surface area contributed by atoms with E-state index in [4.69, 9.17) is 4.55 Å². The second-order valence-corrected chi connectivity index (χ2v) is 7.29. The van der Waals surface area contributed by atoms with Crippen LogP contribution in [0.4, 0.5) is 0 Å². The first kappa shape index (κ1) is 13.1. The molecule has 90 valence electrons. The van der Waals surface area contributed by atoms with E-state index >= 15 is 0 Å². The summed E-state index contributed by atoms with van der Waals surface area (Å²) in [7, 11) is -7.92. The second kappa shape index (κ2) is 4.52. The van der Waals surface area contributed by atoms with E-state index in [0.29, 0.717) is 0 Å². The standard InChI is InChI=1S/C9H12O5S2/c1-15(10,11)7-9(16(12,13)14)8-5-3-2-4-6-8/h2-6,9H,7H2,1H3,(H,12,13,14). The molecule has 1 aromatic rings. The highest BCUT2D eigenvalue weighted by Crippen LogP contribution is 2.22. The van der Waals surface area contributed by atoms with Crippen LogP contribution in [-0.4, -0.2) is 33.4 Å². The minimum absolute atomic E-state index is 0.260. The molecule has 7 heteroatoms. The molecule has 1 aromatic carbocycles. The third kappa shape index (κ3) is 3.92. The van der Waals surface area contributed by atoms with Gasteiger partial charge in [0.25, 0.3) is 10.1 Å². The molecule has 0 amide bonds. The lowest BCUT2D eigenvalue weighted by Crippen LogP contribution is -2.21. The topological polar surface area (TPSA) is 88.5 Å². The average Bonchev–Trinajstić information content (AvgIpc) is 2.13. The van der Waals surface area contributed by atoms with Crippen molar-refractivity contribution in [3.8, 4) is 0 Å². The molecule has 1 N–H and O–H groups in total. The van der Waals surface area contributed by atoms with Gasteiger partial charge in [0, 0.05) is 6.26 Å². The van der Waals surface area contributed by atoms with Crippen LogP contribution in [0.5, 0.6) is 0 Å². The highest BCUT2D eigenvalue weighted by atomic mass is 32.2. The fraction of sp³-hybridized carbons (Fsp3) is 0.333. The first-order chi connectivity index (χ1) is 7.20.